The Labute approximate surface area is 110 Å². The van der Waals surface area contributed by atoms with Crippen molar-refractivity contribution in [3.63, 3.8) is 0 Å². The molecule has 0 aliphatic carbocycles. The number of hydrogen-bond donors (Lipinski definition) is 0. The molecular weight excluding hydrogens is 256 g/mol. The summed E-state index contributed by atoms with van der Waals surface area (Å²) < 4.78 is 35.6. The van der Waals surface area contributed by atoms with Crippen LogP contribution in [0.4, 0.5) is 8.78 Å². The molecule has 0 N–H and O–H groups in total. The van der Waals surface area contributed by atoms with Gasteiger partial charge in [-0.25, -0.2) is 8.78 Å². The van der Waals surface area contributed by atoms with E-state index in [9.17, 15) is 13.6 Å². The van der Waals surface area contributed by atoms with E-state index >= 15 is 0 Å². The fourth-order valence-electron chi connectivity index (χ4n) is 2.14. The summed E-state index contributed by atoms with van der Waals surface area (Å²) in [7, 11) is 0. The van der Waals surface area contributed by atoms with Crippen LogP contribution >= 0.6 is 0 Å². The molecule has 1 amide bonds. The predicted octanol–water partition coefficient (Wildman–Crippen LogP) is 2.26. The third kappa shape index (κ3) is 2.94. The second kappa shape index (κ2) is 5.69. The second-order valence-corrected chi connectivity index (χ2v) is 4.57. The van der Waals surface area contributed by atoms with E-state index in [0.717, 1.165) is 11.3 Å². The highest BCUT2D eigenvalue weighted by Gasteiger charge is 2.32. The van der Waals surface area contributed by atoms with E-state index in [-0.39, 0.29) is 24.8 Å². The first kappa shape index (κ1) is 14.0. The fraction of sp³-hybridized carbons (Fsp3) is 0.615. The number of nitrogens with zero attached hydrogens (tertiary/aromatic N) is 1. The summed E-state index contributed by atoms with van der Waals surface area (Å²) in [6, 6.07) is 1.66. The Bertz CT molecular complexity index is 459. The summed E-state index contributed by atoms with van der Waals surface area (Å²) in [5.74, 6) is 0.614. The highest BCUT2D eigenvalue weighted by molar-refractivity contribution is 5.91. The number of alkyl halides is 2. The fourth-order valence-corrected chi connectivity index (χ4v) is 2.14. The highest BCUT2D eigenvalue weighted by Crippen LogP contribution is 2.19. The maximum Gasteiger partial charge on any atom is 0.289 e. The number of halogens is 2. The average Bonchev–Trinajstić information content (AvgIpc) is 2.79. The van der Waals surface area contributed by atoms with Crippen LogP contribution in [0, 0.1) is 6.92 Å². The average molecular weight is 273 g/mol. The van der Waals surface area contributed by atoms with E-state index in [4.69, 9.17) is 9.15 Å². The number of furan rings is 1. The number of morpholine rings is 1. The lowest BCUT2D eigenvalue weighted by Crippen LogP contribution is -2.48. The van der Waals surface area contributed by atoms with Gasteiger partial charge >= 0.3 is 0 Å². The van der Waals surface area contributed by atoms with Crippen LogP contribution in [0.5, 0.6) is 0 Å². The molecule has 2 heterocycles. The van der Waals surface area contributed by atoms with Crippen molar-refractivity contribution in [2.45, 2.75) is 32.8 Å². The van der Waals surface area contributed by atoms with Crippen LogP contribution in [-0.2, 0) is 11.2 Å². The van der Waals surface area contributed by atoms with Crippen LogP contribution in [0.2, 0.25) is 0 Å². The minimum absolute atomic E-state index is 0.0995. The number of aryl methyl sites for hydroxylation is 2. The molecule has 106 valence electrons. The Morgan fingerprint density at radius 1 is 1.58 bits per heavy atom. The van der Waals surface area contributed by atoms with Gasteiger partial charge in [0.15, 0.2) is 5.76 Å². The third-order valence-corrected chi connectivity index (χ3v) is 3.21. The van der Waals surface area contributed by atoms with Gasteiger partial charge in [-0.1, -0.05) is 6.92 Å². The zero-order valence-corrected chi connectivity index (χ0v) is 11.0. The molecular formula is C13H17F2NO3. The van der Waals surface area contributed by atoms with Crippen molar-refractivity contribution < 1.29 is 22.7 Å². The van der Waals surface area contributed by atoms with E-state index in [1.54, 1.807) is 6.07 Å². The van der Waals surface area contributed by atoms with Gasteiger partial charge in [-0.3, -0.25) is 4.79 Å². The van der Waals surface area contributed by atoms with E-state index in [1.807, 2.05) is 13.8 Å². The minimum atomic E-state index is -2.58. The molecule has 1 aliphatic heterocycles. The second-order valence-electron chi connectivity index (χ2n) is 4.57. The Balaban J connectivity index is 2.10. The smallest absolute Gasteiger partial charge is 0.289 e. The van der Waals surface area contributed by atoms with E-state index in [2.05, 4.69) is 0 Å². The standard InChI is InChI=1S/C13H17F2NO3/c1-3-9-8(2)6-10(19-9)13(17)16-4-5-18-11(7-16)12(14)15/h6,11-12H,3-5,7H2,1-2H3. The zero-order valence-electron chi connectivity index (χ0n) is 11.0. The summed E-state index contributed by atoms with van der Waals surface area (Å²) in [5, 5.41) is 0. The minimum Gasteiger partial charge on any atom is -0.456 e. The first-order valence-corrected chi connectivity index (χ1v) is 6.31. The predicted molar refractivity (Wildman–Crippen MR) is 64.5 cm³/mol. The summed E-state index contributed by atoms with van der Waals surface area (Å²) >= 11 is 0. The van der Waals surface area contributed by atoms with Crippen LogP contribution in [-0.4, -0.2) is 43.0 Å². The van der Waals surface area contributed by atoms with Crippen LogP contribution in [0.25, 0.3) is 0 Å². The Morgan fingerprint density at radius 3 is 2.89 bits per heavy atom. The van der Waals surface area contributed by atoms with Crippen molar-refractivity contribution in [2.75, 3.05) is 19.7 Å². The molecule has 0 bridgehead atoms. The molecule has 4 nitrogen and oxygen atoms in total. The summed E-state index contributed by atoms with van der Waals surface area (Å²) in [6.45, 7) is 4.13. The lowest BCUT2D eigenvalue weighted by atomic mass is 10.2. The summed E-state index contributed by atoms with van der Waals surface area (Å²) in [6.07, 6.45) is -3.10. The molecule has 1 saturated heterocycles. The maximum atomic E-state index is 12.6. The lowest BCUT2D eigenvalue weighted by molar-refractivity contribution is -0.0946. The number of ether oxygens (including phenoxy) is 1. The molecule has 19 heavy (non-hydrogen) atoms. The van der Waals surface area contributed by atoms with Crippen molar-refractivity contribution >= 4 is 5.91 Å². The molecule has 1 fully saturated rings. The SMILES string of the molecule is CCc1oc(C(=O)N2CCOC(C(F)F)C2)cc1C. The molecule has 1 atom stereocenters. The quantitative estimate of drug-likeness (QED) is 0.848. The van der Waals surface area contributed by atoms with E-state index in [1.165, 1.54) is 4.90 Å². The summed E-state index contributed by atoms with van der Waals surface area (Å²) in [5.41, 5.74) is 0.907. The van der Waals surface area contributed by atoms with Crippen LogP contribution in [0.1, 0.15) is 28.8 Å². The monoisotopic (exact) mass is 273 g/mol. The van der Waals surface area contributed by atoms with Gasteiger partial charge in [0, 0.05) is 13.0 Å². The third-order valence-electron chi connectivity index (χ3n) is 3.21. The molecule has 0 spiro atoms. The Kier molecular flexibility index (Phi) is 4.19. The molecule has 1 aromatic rings. The van der Waals surface area contributed by atoms with E-state index < -0.39 is 12.5 Å². The van der Waals surface area contributed by atoms with Gasteiger partial charge in [0.05, 0.1) is 13.2 Å². The van der Waals surface area contributed by atoms with Gasteiger partial charge in [0.2, 0.25) is 0 Å². The van der Waals surface area contributed by atoms with Gasteiger partial charge < -0.3 is 14.1 Å². The Morgan fingerprint density at radius 2 is 2.32 bits per heavy atom. The van der Waals surface area contributed by atoms with Crippen molar-refractivity contribution in [3.05, 3.63) is 23.2 Å². The number of carbonyl (C=O) groups is 1. The maximum absolute atomic E-state index is 12.6. The van der Waals surface area contributed by atoms with Crippen molar-refractivity contribution in [2.24, 2.45) is 0 Å². The van der Waals surface area contributed by atoms with Gasteiger partial charge in [0.25, 0.3) is 12.3 Å². The highest BCUT2D eigenvalue weighted by atomic mass is 19.3. The van der Waals surface area contributed by atoms with Crippen molar-refractivity contribution in [1.29, 1.82) is 0 Å². The number of amides is 1. The number of carbonyl (C=O) groups excluding carboxylic acids is 1. The molecule has 2 rings (SSSR count). The van der Waals surface area contributed by atoms with Gasteiger partial charge in [-0.15, -0.1) is 0 Å². The Hall–Kier alpha value is -1.43. The zero-order chi connectivity index (χ0) is 14.0. The number of rotatable bonds is 3. The number of hydrogen-bond acceptors (Lipinski definition) is 3. The topological polar surface area (TPSA) is 42.7 Å². The molecule has 6 heteroatoms. The lowest BCUT2D eigenvalue weighted by Gasteiger charge is -2.31. The van der Waals surface area contributed by atoms with Crippen LogP contribution < -0.4 is 0 Å². The molecule has 0 radical (unpaired) electrons. The van der Waals surface area contributed by atoms with Gasteiger partial charge in [0.1, 0.15) is 11.9 Å². The van der Waals surface area contributed by atoms with Crippen LogP contribution in [0.3, 0.4) is 0 Å². The molecule has 1 unspecified atom stereocenters. The first-order chi connectivity index (χ1) is 9.02. The van der Waals surface area contributed by atoms with Crippen LogP contribution in [0.15, 0.2) is 10.5 Å². The van der Waals surface area contributed by atoms with E-state index in [0.29, 0.717) is 13.0 Å². The molecule has 1 aromatic heterocycles. The normalized spacial score (nSPS) is 20.1. The molecule has 1 aliphatic rings. The molecule has 0 aromatic carbocycles. The molecule has 0 saturated carbocycles. The van der Waals surface area contributed by atoms with Crippen molar-refractivity contribution in [1.82, 2.24) is 4.90 Å². The first-order valence-electron chi connectivity index (χ1n) is 6.31. The van der Waals surface area contributed by atoms with Gasteiger partial charge in [-0.2, -0.15) is 0 Å². The van der Waals surface area contributed by atoms with Gasteiger partial charge in [-0.05, 0) is 18.6 Å². The summed E-state index contributed by atoms with van der Waals surface area (Å²) in [4.78, 5) is 13.5. The largest absolute Gasteiger partial charge is 0.456 e. The van der Waals surface area contributed by atoms with Crippen molar-refractivity contribution in [3.8, 4) is 0 Å².